The number of likely N-dealkylation sites (tertiary alicyclic amines) is 1. The second-order valence-electron chi connectivity index (χ2n) is 4.38. The molecule has 1 fully saturated rings. The average Bonchev–Trinajstić information content (AvgIpc) is 2.22. The van der Waals surface area contributed by atoms with Gasteiger partial charge in [-0.25, -0.2) is 0 Å². The van der Waals surface area contributed by atoms with Crippen LogP contribution in [-0.4, -0.2) is 44.4 Å². The third-order valence-electron chi connectivity index (χ3n) is 2.97. The monoisotopic (exact) mass is 249 g/mol. The van der Waals surface area contributed by atoms with Gasteiger partial charge in [0.1, 0.15) is 0 Å². The van der Waals surface area contributed by atoms with Gasteiger partial charge in [-0.05, 0) is 52.7 Å². The minimum atomic E-state index is -2.83. The molecular weight excluding hydrogens is 225 g/mol. The Morgan fingerprint density at radius 1 is 1.19 bits per heavy atom. The van der Waals surface area contributed by atoms with Crippen LogP contribution in [0.2, 0.25) is 0 Å². The Labute approximate surface area is 98.8 Å². The molecule has 0 atom stereocenters. The molecule has 0 bridgehead atoms. The lowest BCUT2D eigenvalue weighted by atomic mass is 10.00. The van der Waals surface area contributed by atoms with Gasteiger partial charge in [0, 0.05) is 0 Å². The number of rotatable bonds is 6. The zero-order chi connectivity index (χ0) is 12.0. The van der Waals surface area contributed by atoms with Crippen LogP contribution in [0.3, 0.4) is 0 Å². The molecule has 1 aliphatic heterocycles. The SMILES string of the molecule is CCOP(=O)(CC1CCN(C)CC1)OCC. The minimum Gasteiger partial charge on any atom is -0.309 e. The molecule has 0 aromatic rings. The molecule has 1 heterocycles. The van der Waals surface area contributed by atoms with E-state index in [1.54, 1.807) is 0 Å². The maximum atomic E-state index is 12.3. The van der Waals surface area contributed by atoms with Crippen LogP contribution < -0.4 is 0 Å². The zero-order valence-corrected chi connectivity index (χ0v) is 11.5. The molecule has 0 unspecified atom stereocenters. The lowest BCUT2D eigenvalue weighted by Gasteiger charge is -2.30. The van der Waals surface area contributed by atoms with Crippen LogP contribution >= 0.6 is 7.60 Å². The summed E-state index contributed by atoms with van der Waals surface area (Å²) in [5, 5.41) is 0. The van der Waals surface area contributed by atoms with Gasteiger partial charge in [0.2, 0.25) is 0 Å². The molecule has 1 aliphatic rings. The Hall–Kier alpha value is 0.110. The molecule has 0 amide bonds. The van der Waals surface area contributed by atoms with Crippen LogP contribution in [0, 0.1) is 5.92 Å². The van der Waals surface area contributed by atoms with Gasteiger partial charge in [0.15, 0.2) is 0 Å². The highest BCUT2D eigenvalue weighted by Gasteiger charge is 2.29. The van der Waals surface area contributed by atoms with Crippen LogP contribution in [0.4, 0.5) is 0 Å². The van der Waals surface area contributed by atoms with E-state index in [1.807, 2.05) is 13.8 Å². The highest BCUT2D eigenvalue weighted by atomic mass is 31.2. The van der Waals surface area contributed by atoms with Gasteiger partial charge < -0.3 is 13.9 Å². The summed E-state index contributed by atoms with van der Waals surface area (Å²) in [4.78, 5) is 2.31. The van der Waals surface area contributed by atoms with E-state index < -0.39 is 7.60 Å². The third-order valence-corrected chi connectivity index (χ3v) is 5.24. The first-order valence-electron chi connectivity index (χ1n) is 6.16. The van der Waals surface area contributed by atoms with Crippen molar-refractivity contribution in [2.45, 2.75) is 26.7 Å². The van der Waals surface area contributed by atoms with Gasteiger partial charge in [-0.15, -0.1) is 0 Å². The first-order valence-corrected chi connectivity index (χ1v) is 7.89. The fourth-order valence-corrected chi connectivity index (χ4v) is 4.17. The molecule has 0 radical (unpaired) electrons. The summed E-state index contributed by atoms with van der Waals surface area (Å²) in [6.07, 6.45) is 2.78. The van der Waals surface area contributed by atoms with Crippen LogP contribution in [-0.2, 0) is 13.6 Å². The van der Waals surface area contributed by atoms with Crippen molar-refractivity contribution < 1.29 is 13.6 Å². The maximum absolute atomic E-state index is 12.3. The summed E-state index contributed by atoms with van der Waals surface area (Å²) in [5.74, 6) is 0.486. The fourth-order valence-electron chi connectivity index (χ4n) is 2.10. The Morgan fingerprint density at radius 3 is 2.12 bits per heavy atom. The Morgan fingerprint density at radius 2 is 1.69 bits per heavy atom. The second-order valence-corrected chi connectivity index (χ2v) is 6.48. The van der Waals surface area contributed by atoms with Crippen molar-refractivity contribution in [1.29, 1.82) is 0 Å². The number of hydrogen-bond acceptors (Lipinski definition) is 4. The molecule has 1 rings (SSSR count). The van der Waals surface area contributed by atoms with E-state index in [4.69, 9.17) is 9.05 Å². The van der Waals surface area contributed by atoms with Gasteiger partial charge in [-0.3, -0.25) is 4.57 Å². The number of nitrogens with zero attached hydrogens (tertiary/aromatic N) is 1. The standard InChI is InChI=1S/C11H24NO3P/c1-4-14-16(13,15-5-2)10-11-6-8-12(3)9-7-11/h11H,4-10H2,1-3H3. The summed E-state index contributed by atoms with van der Waals surface area (Å²) >= 11 is 0. The van der Waals surface area contributed by atoms with Crippen molar-refractivity contribution in [1.82, 2.24) is 4.90 Å². The minimum absolute atomic E-state index is 0.462. The quantitative estimate of drug-likeness (QED) is 0.678. The summed E-state index contributed by atoms with van der Waals surface area (Å²) in [7, 11) is -0.700. The van der Waals surface area contributed by atoms with Gasteiger partial charge in [0.25, 0.3) is 0 Å². The first-order chi connectivity index (χ1) is 7.59. The van der Waals surface area contributed by atoms with Crippen LogP contribution in [0.1, 0.15) is 26.7 Å². The normalized spacial score (nSPS) is 20.2. The molecule has 96 valence electrons. The Balaban J connectivity index is 2.45. The fraction of sp³-hybridized carbons (Fsp3) is 1.00. The molecule has 0 spiro atoms. The predicted octanol–water partition coefficient (Wildman–Crippen LogP) is 2.59. The van der Waals surface area contributed by atoms with E-state index in [-0.39, 0.29) is 0 Å². The predicted molar refractivity (Wildman–Crippen MR) is 65.9 cm³/mol. The average molecular weight is 249 g/mol. The molecule has 5 heteroatoms. The molecule has 0 aromatic carbocycles. The highest BCUT2D eigenvalue weighted by Crippen LogP contribution is 2.50. The van der Waals surface area contributed by atoms with Crippen molar-refractivity contribution in [2.75, 3.05) is 39.5 Å². The molecule has 1 saturated heterocycles. The van der Waals surface area contributed by atoms with Crippen LogP contribution in [0.15, 0.2) is 0 Å². The smallest absolute Gasteiger partial charge is 0.309 e. The van der Waals surface area contributed by atoms with Gasteiger partial charge in [0.05, 0.1) is 19.4 Å². The Kier molecular flexibility index (Phi) is 5.98. The molecule has 0 aliphatic carbocycles. The van der Waals surface area contributed by atoms with Crippen molar-refractivity contribution in [3.8, 4) is 0 Å². The van der Waals surface area contributed by atoms with Crippen molar-refractivity contribution in [3.05, 3.63) is 0 Å². The summed E-state index contributed by atoms with van der Waals surface area (Å²) in [6, 6.07) is 0. The summed E-state index contributed by atoms with van der Waals surface area (Å²) in [6.45, 7) is 6.82. The maximum Gasteiger partial charge on any atom is 0.330 e. The molecule has 4 nitrogen and oxygen atoms in total. The molecule has 16 heavy (non-hydrogen) atoms. The molecule has 0 N–H and O–H groups in total. The highest BCUT2D eigenvalue weighted by molar-refractivity contribution is 7.53. The second kappa shape index (κ2) is 6.75. The lowest BCUT2D eigenvalue weighted by Crippen LogP contribution is -2.31. The molecular formula is C11H24NO3P. The zero-order valence-electron chi connectivity index (χ0n) is 10.6. The van der Waals surface area contributed by atoms with Crippen LogP contribution in [0.5, 0.6) is 0 Å². The number of piperidine rings is 1. The molecule has 0 saturated carbocycles. The Bertz CT molecular complexity index is 229. The third kappa shape index (κ3) is 4.54. The van der Waals surface area contributed by atoms with Gasteiger partial charge in [-0.1, -0.05) is 0 Å². The van der Waals surface area contributed by atoms with Gasteiger partial charge >= 0.3 is 7.60 Å². The van der Waals surface area contributed by atoms with Crippen molar-refractivity contribution in [2.24, 2.45) is 5.92 Å². The van der Waals surface area contributed by atoms with Crippen molar-refractivity contribution in [3.63, 3.8) is 0 Å². The first kappa shape index (κ1) is 14.2. The number of hydrogen-bond donors (Lipinski definition) is 0. The van der Waals surface area contributed by atoms with Gasteiger partial charge in [-0.2, -0.15) is 0 Å². The van der Waals surface area contributed by atoms with E-state index in [0.717, 1.165) is 25.9 Å². The van der Waals surface area contributed by atoms with E-state index >= 15 is 0 Å². The largest absolute Gasteiger partial charge is 0.330 e. The lowest BCUT2D eigenvalue weighted by molar-refractivity contribution is 0.196. The molecule has 0 aromatic heterocycles. The van der Waals surface area contributed by atoms with E-state index in [1.165, 1.54) is 0 Å². The van der Waals surface area contributed by atoms with E-state index in [2.05, 4.69) is 11.9 Å². The topological polar surface area (TPSA) is 38.8 Å². The summed E-state index contributed by atoms with van der Waals surface area (Å²) < 4.78 is 22.9. The van der Waals surface area contributed by atoms with E-state index in [9.17, 15) is 4.57 Å². The van der Waals surface area contributed by atoms with E-state index in [0.29, 0.717) is 25.3 Å². The summed E-state index contributed by atoms with van der Waals surface area (Å²) in [5.41, 5.74) is 0. The van der Waals surface area contributed by atoms with Crippen LogP contribution in [0.25, 0.3) is 0 Å². The van der Waals surface area contributed by atoms with Crippen molar-refractivity contribution >= 4 is 7.60 Å².